The third-order valence-electron chi connectivity index (χ3n) is 3.48. The summed E-state index contributed by atoms with van der Waals surface area (Å²) >= 11 is 0. The number of carbonyl (C=O) groups is 1. The number of hydrogen-bond acceptors (Lipinski definition) is 1. The Labute approximate surface area is 87.5 Å². The summed E-state index contributed by atoms with van der Waals surface area (Å²) in [6.45, 7) is 6.10. The molecule has 1 saturated heterocycles. The van der Waals surface area contributed by atoms with E-state index in [0.717, 1.165) is 19.3 Å². The number of amides is 1. The van der Waals surface area contributed by atoms with Gasteiger partial charge in [-0.1, -0.05) is 26.7 Å². The molecule has 2 rings (SSSR count). The SMILES string of the molecule is CC.CC1CCC2(CCCC2)C(=O)N1. The first kappa shape index (κ1) is 11.5. The van der Waals surface area contributed by atoms with E-state index in [-0.39, 0.29) is 5.41 Å². The molecule has 1 aliphatic carbocycles. The second kappa shape index (κ2) is 4.81. The highest BCUT2D eigenvalue weighted by Crippen LogP contribution is 2.44. The highest BCUT2D eigenvalue weighted by Gasteiger charge is 2.43. The van der Waals surface area contributed by atoms with Gasteiger partial charge in [0.25, 0.3) is 0 Å². The Morgan fingerprint density at radius 2 is 1.79 bits per heavy atom. The van der Waals surface area contributed by atoms with Crippen molar-refractivity contribution in [2.24, 2.45) is 5.41 Å². The van der Waals surface area contributed by atoms with Gasteiger partial charge < -0.3 is 5.32 Å². The maximum absolute atomic E-state index is 11.7. The van der Waals surface area contributed by atoms with Crippen molar-refractivity contribution in [2.45, 2.75) is 65.3 Å². The van der Waals surface area contributed by atoms with Gasteiger partial charge >= 0.3 is 0 Å². The molecule has 0 radical (unpaired) electrons. The average molecular weight is 197 g/mol. The van der Waals surface area contributed by atoms with Crippen LogP contribution in [0.5, 0.6) is 0 Å². The molecule has 2 nitrogen and oxygen atoms in total. The van der Waals surface area contributed by atoms with Crippen LogP contribution in [-0.4, -0.2) is 11.9 Å². The van der Waals surface area contributed by atoms with Gasteiger partial charge in [0, 0.05) is 11.5 Å². The van der Waals surface area contributed by atoms with Crippen molar-refractivity contribution >= 4 is 5.91 Å². The summed E-state index contributed by atoms with van der Waals surface area (Å²) in [6.07, 6.45) is 7.06. The molecule has 1 N–H and O–H groups in total. The van der Waals surface area contributed by atoms with Crippen LogP contribution in [0.2, 0.25) is 0 Å². The van der Waals surface area contributed by atoms with Gasteiger partial charge in [-0.15, -0.1) is 0 Å². The molecule has 0 aromatic carbocycles. The minimum Gasteiger partial charge on any atom is -0.353 e. The van der Waals surface area contributed by atoms with Gasteiger partial charge in [0.2, 0.25) is 5.91 Å². The molecule has 2 heteroatoms. The molecular weight excluding hydrogens is 174 g/mol. The van der Waals surface area contributed by atoms with Crippen LogP contribution in [0.3, 0.4) is 0 Å². The smallest absolute Gasteiger partial charge is 0.226 e. The minimum atomic E-state index is 0.0620. The molecule has 0 aromatic heterocycles. The lowest BCUT2D eigenvalue weighted by atomic mass is 9.77. The zero-order chi connectivity index (χ0) is 10.6. The van der Waals surface area contributed by atoms with Crippen LogP contribution in [-0.2, 0) is 4.79 Å². The third kappa shape index (κ3) is 2.10. The molecule has 82 valence electrons. The number of nitrogens with one attached hydrogen (secondary N) is 1. The molecule has 1 unspecified atom stereocenters. The van der Waals surface area contributed by atoms with Crippen molar-refractivity contribution in [3.8, 4) is 0 Å². The van der Waals surface area contributed by atoms with Crippen LogP contribution in [0.15, 0.2) is 0 Å². The highest BCUT2D eigenvalue weighted by atomic mass is 16.2. The molecule has 2 aliphatic rings. The van der Waals surface area contributed by atoms with E-state index in [2.05, 4.69) is 12.2 Å². The molecule has 1 atom stereocenters. The van der Waals surface area contributed by atoms with Crippen LogP contribution in [0.25, 0.3) is 0 Å². The fourth-order valence-corrected chi connectivity index (χ4v) is 2.58. The van der Waals surface area contributed by atoms with Gasteiger partial charge in [-0.05, 0) is 32.6 Å². The largest absolute Gasteiger partial charge is 0.353 e. The van der Waals surface area contributed by atoms with E-state index in [1.165, 1.54) is 19.3 Å². The van der Waals surface area contributed by atoms with Crippen LogP contribution in [0.1, 0.15) is 59.3 Å². The van der Waals surface area contributed by atoms with Crippen molar-refractivity contribution < 1.29 is 4.79 Å². The van der Waals surface area contributed by atoms with Gasteiger partial charge in [0.15, 0.2) is 0 Å². The first-order valence-electron chi connectivity index (χ1n) is 6.04. The Balaban J connectivity index is 0.000000461. The van der Waals surface area contributed by atoms with Gasteiger partial charge in [0.05, 0.1) is 0 Å². The zero-order valence-electron chi connectivity index (χ0n) is 9.73. The molecular formula is C12H23NO. The maximum Gasteiger partial charge on any atom is 0.226 e. The van der Waals surface area contributed by atoms with Gasteiger partial charge in [0.1, 0.15) is 0 Å². The van der Waals surface area contributed by atoms with Crippen molar-refractivity contribution in [3.05, 3.63) is 0 Å². The number of carbonyl (C=O) groups excluding carboxylic acids is 1. The Bertz CT molecular complexity index is 194. The normalized spacial score (nSPS) is 29.4. The van der Waals surface area contributed by atoms with Gasteiger partial charge in [-0.3, -0.25) is 4.79 Å². The van der Waals surface area contributed by atoms with E-state index in [9.17, 15) is 4.79 Å². The van der Waals surface area contributed by atoms with Crippen LogP contribution in [0.4, 0.5) is 0 Å². The van der Waals surface area contributed by atoms with Gasteiger partial charge in [-0.25, -0.2) is 0 Å². The zero-order valence-corrected chi connectivity index (χ0v) is 9.73. The first-order chi connectivity index (χ1) is 6.73. The van der Waals surface area contributed by atoms with E-state index in [0.29, 0.717) is 11.9 Å². The molecule has 0 bridgehead atoms. The Kier molecular flexibility index (Phi) is 3.97. The molecule has 1 aliphatic heterocycles. The second-order valence-corrected chi connectivity index (χ2v) is 4.40. The molecule has 1 saturated carbocycles. The van der Waals surface area contributed by atoms with Crippen molar-refractivity contribution in [2.75, 3.05) is 0 Å². The lowest BCUT2D eigenvalue weighted by Gasteiger charge is -2.35. The van der Waals surface area contributed by atoms with E-state index < -0.39 is 0 Å². The van der Waals surface area contributed by atoms with Crippen molar-refractivity contribution in [1.29, 1.82) is 0 Å². The lowest BCUT2D eigenvalue weighted by molar-refractivity contribution is -0.134. The summed E-state index contributed by atoms with van der Waals surface area (Å²) in [5.74, 6) is 0.332. The Morgan fingerprint density at radius 1 is 1.21 bits per heavy atom. The molecule has 1 amide bonds. The summed E-state index contributed by atoms with van der Waals surface area (Å²) in [7, 11) is 0. The van der Waals surface area contributed by atoms with Crippen LogP contribution < -0.4 is 5.32 Å². The Hall–Kier alpha value is -0.530. The average Bonchev–Trinajstić information content (AvgIpc) is 2.66. The maximum atomic E-state index is 11.7. The summed E-state index contributed by atoms with van der Waals surface area (Å²) < 4.78 is 0. The quantitative estimate of drug-likeness (QED) is 0.635. The fraction of sp³-hybridized carbons (Fsp3) is 0.917. The lowest BCUT2D eigenvalue weighted by Crippen LogP contribution is -2.48. The molecule has 1 heterocycles. The molecule has 1 spiro atoms. The van der Waals surface area contributed by atoms with Crippen molar-refractivity contribution in [3.63, 3.8) is 0 Å². The number of piperidine rings is 1. The summed E-state index contributed by atoms with van der Waals surface area (Å²) in [5, 5.41) is 3.07. The highest BCUT2D eigenvalue weighted by molar-refractivity contribution is 5.83. The predicted molar refractivity (Wildman–Crippen MR) is 59.1 cm³/mol. The minimum absolute atomic E-state index is 0.0620. The first-order valence-corrected chi connectivity index (χ1v) is 6.04. The predicted octanol–water partition coefficient (Wildman–Crippen LogP) is 2.87. The third-order valence-corrected chi connectivity index (χ3v) is 3.48. The summed E-state index contributed by atoms with van der Waals surface area (Å²) in [6, 6.07) is 0.406. The van der Waals surface area contributed by atoms with Crippen LogP contribution in [0, 0.1) is 5.41 Å². The summed E-state index contributed by atoms with van der Waals surface area (Å²) in [4.78, 5) is 11.7. The Morgan fingerprint density at radius 3 is 2.29 bits per heavy atom. The van der Waals surface area contributed by atoms with E-state index in [1.54, 1.807) is 0 Å². The summed E-state index contributed by atoms with van der Waals surface area (Å²) in [5.41, 5.74) is 0.0620. The molecule has 0 aromatic rings. The van der Waals surface area contributed by atoms with Gasteiger partial charge in [-0.2, -0.15) is 0 Å². The standard InChI is InChI=1S/C10H17NO.C2H6/c1-8-4-7-10(9(12)11-8)5-2-3-6-10;1-2/h8H,2-7H2,1H3,(H,11,12);1-2H3. The fourth-order valence-electron chi connectivity index (χ4n) is 2.58. The molecule has 14 heavy (non-hydrogen) atoms. The second-order valence-electron chi connectivity index (χ2n) is 4.40. The van der Waals surface area contributed by atoms with Crippen molar-refractivity contribution in [1.82, 2.24) is 5.32 Å². The topological polar surface area (TPSA) is 29.1 Å². The number of hydrogen-bond donors (Lipinski definition) is 1. The van der Waals surface area contributed by atoms with E-state index in [4.69, 9.17) is 0 Å². The van der Waals surface area contributed by atoms with Crippen LogP contribution >= 0.6 is 0 Å². The molecule has 2 fully saturated rings. The van der Waals surface area contributed by atoms with E-state index in [1.807, 2.05) is 13.8 Å². The monoisotopic (exact) mass is 197 g/mol. The number of rotatable bonds is 0. The van der Waals surface area contributed by atoms with E-state index >= 15 is 0 Å².